The fourth-order valence-corrected chi connectivity index (χ4v) is 8.26. The van der Waals surface area contributed by atoms with Crippen LogP contribution in [0.1, 0.15) is 11.1 Å². The van der Waals surface area contributed by atoms with Gasteiger partial charge in [-0.1, -0.05) is 78.9 Å². The van der Waals surface area contributed by atoms with Crippen LogP contribution in [0, 0.1) is 5.92 Å². The molecule has 3 aliphatic heterocycles. The second-order valence-corrected chi connectivity index (χ2v) is 9.32. The first kappa shape index (κ1) is 13.8. The molecular formula is C20H16OS2. The minimum absolute atomic E-state index is 0.169. The predicted octanol–water partition coefficient (Wildman–Crippen LogP) is 4.36. The van der Waals surface area contributed by atoms with Crippen LogP contribution in [-0.4, -0.2) is 14.7 Å². The third-order valence-electron chi connectivity index (χ3n) is 5.16. The number of hydrogen-bond donors (Lipinski definition) is 0. The van der Waals surface area contributed by atoms with E-state index in [1.165, 1.54) is 16.0 Å². The Balaban J connectivity index is 1.64. The Hall–Kier alpha value is -1.58. The lowest BCUT2D eigenvalue weighted by Crippen LogP contribution is -2.32. The maximum atomic E-state index is 13.2. The lowest BCUT2D eigenvalue weighted by Gasteiger charge is -2.29. The molecule has 2 bridgehead atoms. The van der Waals surface area contributed by atoms with Gasteiger partial charge in [0, 0.05) is 26.9 Å². The highest BCUT2D eigenvalue weighted by Gasteiger charge is 2.62. The average molecular weight is 336 g/mol. The molecule has 0 aromatic heterocycles. The predicted molar refractivity (Wildman–Crippen MR) is 98.5 cm³/mol. The smallest absolute Gasteiger partial charge is 0.0967 e. The largest absolute Gasteiger partial charge is 0.258 e. The van der Waals surface area contributed by atoms with Crippen molar-refractivity contribution >= 4 is 27.5 Å². The van der Waals surface area contributed by atoms with Crippen molar-refractivity contribution in [3.05, 3.63) is 90.0 Å². The monoisotopic (exact) mass is 336 g/mol. The van der Waals surface area contributed by atoms with Crippen molar-refractivity contribution in [1.82, 2.24) is 0 Å². The van der Waals surface area contributed by atoms with Gasteiger partial charge in [-0.3, -0.25) is 4.21 Å². The van der Waals surface area contributed by atoms with E-state index in [1.54, 1.807) is 0 Å². The third-order valence-corrected chi connectivity index (χ3v) is 9.07. The molecule has 0 spiro atoms. The summed E-state index contributed by atoms with van der Waals surface area (Å²) in [5.74, 6) is 0.320. The summed E-state index contributed by atoms with van der Waals surface area (Å²) in [5, 5.41) is 0.568. The summed E-state index contributed by atoms with van der Waals surface area (Å²) in [4.78, 5) is 1.34. The van der Waals surface area contributed by atoms with Gasteiger partial charge in [0.25, 0.3) is 0 Å². The van der Waals surface area contributed by atoms with Crippen molar-refractivity contribution in [2.45, 2.75) is 15.2 Å². The summed E-state index contributed by atoms with van der Waals surface area (Å²) in [6.45, 7) is 0. The van der Waals surface area contributed by atoms with E-state index in [0.29, 0.717) is 11.2 Å². The van der Waals surface area contributed by atoms with Crippen molar-refractivity contribution in [2.24, 2.45) is 5.92 Å². The molecule has 0 amide bonds. The molecule has 23 heavy (non-hydrogen) atoms. The van der Waals surface area contributed by atoms with Crippen molar-refractivity contribution in [1.29, 1.82) is 0 Å². The molecule has 2 unspecified atom stereocenters. The van der Waals surface area contributed by atoms with Crippen molar-refractivity contribution in [3.8, 4) is 0 Å². The van der Waals surface area contributed by atoms with Gasteiger partial charge in [-0.2, -0.15) is 0 Å². The molecule has 114 valence electrons. The Bertz CT molecular complexity index is 840. The van der Waals surface area contributed by atoms with Crippen LogP contribution in [0.4, 0.5) is 0 Å². The third kappa shape index (κ3) is 1.78. The second-order valence-electron chi connectivity index (χ2n) is 6.29. The molecule has 0 aliphatic carbocycles. The van der Waals surface area contributed by atoms with Crippen LogP contribution < -0.4 is 0 Å². The quantitative estimate of drug-likeness (QED) is 0.758. The van der Waals surface area contributed by atoms with Gasteiger partial charge in [0.15, 0.2) is 0 Å². The summed E-state index contributed by atoms with van der Waals surface area (Å²) in [6.07, 6.45) is 6.79. The summed E-state index contributed by atoms with van der Waals surface area (Å²) >= 11 is 1.91. The van der Waals surface area contributed by atoms with Crippen molar-refractivity contribution in [3.63, 3.8) is 0 Å². The van der Waals surface area contributed by atoms with Crippen LogP contribution in [0.2, 0.25) is 0 Å². The SMILES string of the molecule is O=S1C2C=C[C@@]1(c1ccccc1)[C@H]1C=C(c3ccccc3)S[C@@H]21. The van der Waals surface area contributed by atoms with Crippen LogP contribution in [0.3, 0.4) is 0 Å². The zero-order chi connectivity index (χ0) is 15.4. The summed E-state index contributed by atoms with van der Waals surface area (Å²) in [7, 11) is -0.867. The molecule has 0 N–H and O–H groups in total. The van der Waals surface area contributed by atoms with Crippen LogP contribution in [0.15, 0.2) is 78.9 Å². The summed E-state index contributed by atoms with van der Waals surface area (Å²) in [5.41, 5.74) is 2.47. The minimum Gasteiger partial charge on any atom is -0.258 e. The molecule has 3 aliphatic rings. The van der Waals surface area contributed by atoms with E-state index in [2.05, 4.69) is 72.8 Å². The highest BCUT2D eigenvalue weighted by molar-refractivity contribution is 8.10. The van der Waals surface area contributed by atoms with Crippen LogP contribution >= 0.6 is 11.8 Å². The average Bonchev–Trinajstić information content (AvgIpc) is 3.25. The molecular weight excluding hydrogens is 320 g/mol. The van der Waals surface area contributed by atoms with E-state index in [0.717, 1.165) is 0 Å². The van der Waals surface area contributed by atoms with Gasteiger partial charge < -0.3 is 0 Å². The molecule has 2 aromatic carbocycles. The van der Waals surface area contributed by atoms with Gasteiger partial charge in [0.2, 0.25) is 0 Å². The minimum atomic E-state index is -0.867. The maximum absolute atomic E-state index is 13.2. The van der Waals surface area contributed by atoms with Gasteiger partial charge in [-0.25, -0.2) is 0 Å². The molecule has 5 rings (SSSR count). The lowest BCUT2D eigenvalue weighted by atomic mass is 9.79. The molecule has 5 atom stereocenters. The number of benzene rings is 2. The van der Waals surface area contributed by atoms with Gasteiger partial charge in [-0.15, -0.1) is 11.8 Å². The first-order chi connectivity index (χ1) is 11.3. The van der Waals surface area contributed by atoms with Gasteiger partial charge in [0.05, 0.1) is 10.00 Å². The first-order valence-corrected chi connectivity index (χ1v) is 9.99. The van der Waals surface area contributed by atoms with E-state index < -0.39 is 10.8 Å². The van der Waals surface area contributed by atoms with Crippen molar-refractivity contribution < 1.29 is 4.21 Å². The number of thioether (sulfide) groups is 1. The fourth-order valence-electron chi connectivity index (χ4n) is 4.10. The van der Waals surface area contributed by atoms with E-state index in [-0.39, 0.29) is 10.00 Å². The fraction of sp³-hybridized carbons (Fsp3) is 0.200. The zero-order valence-corrected chi connectivity index (χ0v) is 14.1. The Morgan fingerprint density at radius 3 is 2.39 bits per heavy atom. The van der Waals surface area contributed by atoms with E-state index >= 15 is 0 Å². The Kier molecular flexibility index (Phi) is 2.98. The van der Waals surface area contributed by atoms with Crippen molar-refractivity contribution in [2.75, 3.05) is 0 Å². The Morgan fingerprint density at radius 2 is 1.65 bits per heavy atom. The molecule has 3 heteroatoms. The molecule has 0 saturated carbocycles. The highest BCUT2D eigenvalue weighted by Crippen LogP contribution is 2.62. The molecule has 0 radical (unpaired) electrons. The second kappa shape index (κ2) is 4.96. The number of hydrogen-bond acceptors (Lipinski definition) is 2. The zero-order valence-electron chi connectivity index (χ0n) is 12.5. The van der Waals surface area contributed by atoms with Gasteiger partial charge in [0.1, 0.15) is 0 Å². The molecule has 1 saturated heterocycles. The maximum Gasteiger partial charge on any atom is 0.0967 e. The lowest BCUT2D eigenvalue weighted by molar-refractivity contribution is 0.540. The van der Waals surface area contributed by atoms with E-state index in [4.69, 9.17) is 0 Å². The van der Waals surface area contributed by atoms with Crippen LogP contribution in [0.25, 0.3) is 4.91 Å². The van der Waals surface area contributed by atoms with E-state index in [9.17, 15) is 4.21 Å². The Labute approximate surface area is 143 Å². The topological polar surface area (TPSA) is 17.1 Å². The number of fused-ring (bicyclic) bond motifs is 5. The molecule has 2 aromatic rings. The van der Waals surface area contributed by atoms with Crippen LogP contribution in [0.5, 0.6) is 0 Å². The first-order valence-electron chi connectivity index (χ1n) is 7.90. The summed E-state index contributed by atoms with van der Waals surface area (Å²) < 4.78 is 12.8. The van der Waals surface area contributed by atoms with Crippen LogP contribution in [-0.2, 0) is 15.5 Å². The highest BCUT2D eigenvalue weighted by atomic mass is 32.2. The molecule has 1 fully saturated rings. The number of rotatable bonds is 2. The Morgan fingerprint density at radius 1 is 0.957 bits per heavy atom. The summed E-state index contributed by atoms with van der Waals surface area (Å²) in [6, 6.07) is 21.0. The van der Waals surface area contributed by atoms with Gasteiger partial charge in [-0.05, 0) is 11.1 Å². The number of allylic oxidation sites excluding steroid dienone is 1. The van der Waals surface area contributed by atoms with Gasteiger partial charge >= 0.3 is 0 Å². The van der Waals surface area contributed by atoms with E-state index in [1.807, 2.05) is 17.8 Å². The normalized spacial score (nSPS) is 37.0. The molecule has 1 nitrogen and oxygen atoms in total. The molecule has 3 heterocycles. The standard InChI is InChI=1S/C20H16OS2/c21-23-18-11-12-20(23,15-9-5-2-6-10-15)16-13-17(22-19(16)18)14-7-3-1-4-8-14/h1-13,16,18-19H/t16-,18?,19+,20+,23?/m0/s1.